The largest absolute Gasteiger partial charge is 0.342 e. The number of hydrogen-bond acceptors (Lipinski definition) is 2. The molecule has 1 aromatic rings. The number of unbranched alkanes of at least 4 members (excludes halogenated alkanes) is 1. The van der Waals surface area contributed by atoms with Crippen molar-refractivity contribution >= 4 is 5.91 Å². The van der Waals surface area contributed by atoms with E-state index in [0.717, 1.165) is 58.4 Å². The van der Waals surface area contributed by atoms with Crippen molar-refractivity contribution in [1.29, 1.82) is 0 Å². The van der Waals surface area contributed by atoms with Gasteiger partial charge in [-0.3, -0.25) is 9.69 Å². The lowest BCUT2D eigenvalue weighted by Crippen LogP contribution is -2.38. The standard InChI is InChI=1S/C19H30N2O/c1-3-5-13-21(12-4-2)19(22)18-11-14-20(16-18)15-17-9-7-6-8-10-17/h6-10,18H,3-5,11-16H2,1-2H3. The van der Waals surface area contributed by atoms with Gasteiger partial charge in [0.2, 0.25) is 5.91 Å². The number of carbonyl (C=O) groups excluding carboxylic acids is 1. The second-order valence-corrected chi connectivity index (χ2v) is 6.39. The van der Waals surface area contributed by atoms with Crippen LogP contribution >= 0.6 is 0 Å². The Balaban J connectivity index is 1.86. The van der Waals surface area contributed by atoms with Crippen LogP contribution in [0.15, 0.2) is 30.3 Å². The molecule has 0 aliphatic carbocycles. The van der Waals surface area contributed by atoms with Crippen molar-refractivity contribution in [3.8, 4) is 0 Å². The average Bonchev–Trinajstić information content (AvgIpc) is 3.00. The van der Waals surface area contributed by atoms with Gasteiger partial charge in [0, 0.05) is 26.2 Å². The molecule has 3 heteroatoms. The minimum Gasteiger partial charge on any atom is -0.342 e. The predicted molar refractivity (Wildman–Crippen MR) is 91.6 cm³/mol. The zero-order valence-electron chi connectivity index (χ0n) is 14.1. The molecule has 0 aromatic heterocycles. The van der Waals surface area contributed by atoms with E-state index in [1.165, 1.54) is 5.56 Å². The van der Waals surface area contributed by atoms with Gasteiger partial charge in [0.1, 0.15) is 0 Å². The fourth-order valence-corrected chi connectivity index (χ4v) is 3.23. The van der Waals surface area contributed by atoms with Crippen molar-refractivity contribution in [3.05, 3.63) is 35.9 Å². The van der Waals surface area contributed by atoms with Crippen LogP contribution in [-0.4, -0.2) is 41.9 Å². The summed E-state index contributed by atoms with van der Waals surface area (Å²) in [6, 6.07) is 10.6. The fraction of sp³-hybridized carbons (Fsp3) is 0.632. The Kier molecular flexibility index (Phi) is 6.91. The molecule has 1 aliphatic heterocycles. The van der Waals surface area contributed by atoms with Crippen LogP contribution in [0.5, 0.6) is 0 Å². The highest BCUT2D eigenvalue weighted by molar-refractivity contribution is 5.79. The molecule has 0 spiro atoms. The summed E-state index contributed by atoms with van der Waals surface area (Å²) in [6.07, 6.45) is 4.33. The maximum absolute atomic E-state index is 12.7. The summed E-state index contributed by atoms with van der Waals surface area (Å²) in [5.41, 5.74) is 1.34. The number of carbonyl (C=O) groups is 1. The average molecular weight is 302 g/mol. The van der Waals surface area contributed by atoms with E-state index in [2.05, 4.69) is 54.0 Å². The van der Waals surface area contributed by atoms with Crippen molar-refractivity contribution in [2.75, 3.05) is 26.2 Å². The van der Waals surface area contributed by atoms with E-state index in [9.17, 15) is 4.79 Å². The Morgan fingerprint density at radius 1 is 1.18 bits per heavy atom. The number of rotatable bonds is 8. The summed E-state index contributed by atoms with van der Waals surface area (Å²) in [5, 5.41) is 0. The van der Waals surface area contributed by atoms with Gasteiger partial charge in [0.25, 0.3) is 0 Å². The maximum atomic E-state index is 12.7. The zero-order chi connectivity index (χ0) is 15.8. The normalized spacial score (nSPS) is 18.5. The number of benzene rings is 1. The van der Waals surface area contributed by atoms with Gasteiger partial charge in [-0.2, -0.15) is 0 Å². The van der Waals surface area contributed by atoms with E-state index in [4.69, 9.17) is 0 Å². The Bertz CT molecular complexity index is 446. The molecule has 3 nitrogen and oxygen atoms in total. The van der Waals surface area contributed by atoms with Gasteiger partial charge in [-0.15, -0.1) is 0 Å². The van der Waals surface area contributed by atoms with Crippen LogP contribution in [0.25, 0.3) is 0 Å². The van der Waals surface area contributed by atoms with E-state index in [-0.39, 0.29) is 5.92 Å². The molecule has 0 bridgehead atoms. The first-order valence-electron chi connectivity index (χ1n) is 8.79. The Labute approximate surface area is 135 Å². The van der Waals surface area contributed by atoms with Crippen LogP contribution in [0.2, 0.25) is 0 Å². The van der Waals surface area contributed by atoms with Crippen molar-refractivity contribution in [2.24, 2.45) is 5.92 Å². The third kappa shape index (κ3) is 4.84. The van der Waals surface area contributed by atoms with Gasteiger partial charge in [-0.05, 0) is 31.4 Å². The Morgan fingerprint density at radius 2 is 1.95 bits per heavy atom. The topological polar surface area (TPSA) is 23.6 Å². The summed E-state index contributed by atoms with van der Waals surface area (Å²) < 4.78 is 0. The monoisotopic (exact) mass is 302 g/mol. The van der Waals surface area contributed by atoms with Crippen LogP contribution in [0.1, 0.15) is 45.1 Å². The highest BCUT2D eigenvalue weighted by atomic mass is 16.2. The minimum atomic E-state index is 0.201. The fourth-order valence-electron chi connectivity index (χ4n) is 3.23. The molecule has 0 radical (unpaired) electrons. The van der Waals surface area contributed by atoms with Crippen molar-refractivity contribution in [3.63, 3.8) is 0 Å². The molecule has 1 amide bonds. The summed E-state index contributed by atoms with van der Waals surface area (Å²) in [7, 11) is 0. The first kappa shape index (κ1) is 17.0. The lowest BCUT2D eigenvalue weighted by Gasteiger charge is -2.25. The van der Waals surface area contributed by atoms with Gasteiger partial charge in [-0.1, -0.05) is 50.6 Å². The molecule has 0 saturated carbocycles. The molecule has 0 N–H and O–H groups in total. The number of amides is 1. The van der Waals surface area contributed by atoms with Crippen LogP contribution in [0.3, 0.4) is 0 Å². The summed E-state index contributed by atoms with van der Waals surface area (Å²) >= 11 is 0. The molecule has 122 valence electrons. The highest BCUT2D eigenvalue weighted by Crippen LogP contribution is 2.21. The first-order chi connectivity index (χ1) is 10.7. The Morgan fingerprint density at radius 3 is 2.64 bits per heavy atom. The molecule has 1 heterocycles. The van der Waals surface area contributed by atoms with Gasteiger partial charge in [-0.25, -0.2) is 0 Å². The first-order valence-corrected chi connectivity index (χ1v) is 8.79. The molecule has 1 aliphatic rings. The van der Waals surface area contributed by atoms with Crippen LogP contribution in [-0.2, 0) is 11.3 Å². The zero-order valence-corrected chi connectivity index (χ0v) is 14.1. The third-order valence-electron chi connectivity index (χ3n) is 4.46. The molecule has 1 aromatic carbocycles. The SMILES string of the molecule is CCCCN(CCC)C(=O)C1CCN(Cc2ccccc2)C1. The lowest BCUT2D eigenvalue weighted by molar-refractivity contribution is -0.135. The molecule has 1 atom stereocenters. The van der Waals surface area contributed by atoms with Crippen molar-refractivity contribution < 1.29 is 4.79 Å². The van der Waals surface area contributed by atoms with Crippen LogP contribution < -0.4 is 0 Å². The molecular weight excluding hydrogens is 272 g/mol. The molecular formula is C19H30N2O. The third-order valence-corrected chi connectivity index (χ3v) is 4.46. The summed E-state index contributed by atoms with van der Waals surface area (Å²) in [6.45, 7) is 9.10. The lowest BCUT2D eigenvalue weighted by atomic mass is 10.1. The highest BCUT2D eigenvalue weighted by Gasteiger charge is 2.30. The van der Waals surface area contributed by atoms with Crippen LogP contribution in [0.4, 0.5) is 0 Å². The van der Waals surface area contributed by atoms with E-state index in [1.807, 2.05) is 0 Å². The van der Waals surface area contributed by atoms with E-state index >= 15 is 0 Å². The van der Waals surface area contributed by atoms with E-state index in [0.29, 0.717) is 5.91 Å². The summed E-state index contributed by atoms with van der Waals surface area (Å²) in [5.74, 6) is 0.581. The number of likely N-dealkylation sites (tertiary alicyclic amines) is 1. The predicted octanol–water partition coefficient (Wildman–Crippen LogP) is 3.55. The van der Waals surface area contributed by atoms with E-state index < -0.39 is 0 Å². The molecule has 2 rings (SSSR count). The number of nitrogens with zero attached hydrogens (tertiary/aromatic N) is 2. The molecule has 1 fully saturated rings. The van der Waals surface area contributed by atoms with Crippen molar-refractivity contribution in [1.82, 2.24) is 9.80 Å². The molecule has 22 heavy (non-hydrogen) atoms. The second kappa shape index (κ2) is 8.94. The summed E-state index contributed by atoms with van der Waals surface area (Å²) in [4.78, 5) is 17.3. The quantitative estimate of drug-likeness (QED) is 0.733. The molecule has 1 unspecified atom stereocenters. The van der Waals surface area contributed by atoms with Crippen molar-refractivity contribution in [2.45, 2.75) is 46.1 Å². The smallest absolute Gasteiger partial charge is 0.227 e. The second-order valence-electron chi connectivity index (χ2n) is 6.39. The van der Waals surface area contributed by atoms with E-state index in [1.54, 1.807) is 0 Å². The minimum absolute atomic E-state index is 0.201. The van der Waals surface area contributed by atoms with Gasteiger partial charge < -0.3 is 4.90 Å². The van der Waals surface area contributed by atoms with Gasteiger partial charge in [0.15, 0.2) is 0 Å². The molecule has 1 saturated heterocycles. The van der Waals surface area contributed by atoms with Crippen LogP contribution in [0, 0.1) is 5.92 Å². The van der Waals surface area contributed by atoms with Gasteiger partial charge in [0.05, 0.1) is 5.92 Å². The maximum Gasteiger partial charge on any atom is 0.227 e. The van der Waals surface area contributed by atoms with Gasteiger partial charge >= 0.3 is 0 Å². The number of hydrogen-bond donors (Lipinski definition) is 0. The Hall–Kier alpha value is -1.35.